The number of H-pyrrole nitrogens is 1. The van der Waals surface area contributed by atoms with Gasteiger partial charge in [-0.05, 0) is 35.9 Å². The van der Waals surface area contributed by atoms with Gasteiger partial charge < -0.3 is 10.7 Å². The van der Waals surface area contributed by atoms with Crippen LogP contribution in [0.1, 0.15) is 16.4 Å². The van der Waals surface area contributed by atoms with Crippen molar-refractivity contribution in [3.63, 3.8) is 0 Å². The number of benzene rings is 1. The Hall–Kier alpha value is -3.19. The van der Waals surface area contributed by atoms with Gasteiger partial charge >= 0.3 is 0 Å². The number of hydrogen-bond acceptors (Lipinski definition) is 5. The van der Waals surface area contributed by atoms with E-state index in [1.807, 2.05) is 6.07 Å². The van der Waals surface area contributed by atoms with Gasteiger partial charge in [0, 0.05) is 29.5 Å². The van der Waals surface area contributed by atoms with Crippen LogP contribution in [0.2, 0.25) is 0 Å². The van der Waals surface area contributed by atoms with E-state index in [0.29, 0.717) is 22.6 Å². The Bertz CT molecular complexity index is 1150. The summed E-state index contributed by atoms with van der Waals surface area (Å²) >= 11 is 0. The van der Waals surface area contributed by atoms with Gasteiger partial charge in [-0.25, -0.2) is 18.4 Å². The number of nitrogens with zero attached hydrogens (tertiary/aromatic N) is 2. The lowest BCUT2D eigenvalue weighted by Gasteiger charge is -2.18. The minimum Gasteiger partial charge on any atom is -0.384 e. The highest BCUT2D eigenvalue weighted by Gasteiger charge is 2.33. The lowest BCUT2D eigenvalue weighted by atomic mass is 10.1. The first-order chi connectivity index (χ1) is 12.6. The molecule has 4 rings (SSSR count). The molecule has 0 radical (unpaired) electrons. The molecule has 130 valence electrons. The summed E-state index contributed by atoms with van der Waals surface area (Å²) in [5, 5.41) is -0.162. The van der Waals surface area contributed by atoms with E-state index in [0.717, 1.165) is 5.39 Å². The van der Waals surface area contributed by atoms with E-state index < -0.39 is 15.1 Å². The SMILES string of the molecule is Nc1ccc(C(c2c[nH]c3ncccc23)S(=O)(=O)c2ccccc2)cn1. The highest BCUT2D eigenvalue weighted by Crippen LogP contribution is 2.38. The van der Waals surface area contributed by atoms with E-state index in [-0.39, 0.29) is 4.90 Å². The second kappa shape index (κ2) is 6.27. The first kappa shape index (κ1) is 16.3. The molecular weight excluding hydrogens is 348 g/mol. The molecule has 0 aliphatic heterocycles. The van der Waals surface area contributed by atoms with Crippen LogP contribution in [0.4, 0.5) is 5.82 Å². The van der Waals surface area contributed by atoms with Crippen LogP contribution in [0.25, 0.3) is 11.0 Å². The number of nitrogens with one attached hydrogen (secondary N) is 1. The third-order valence-corrected chi connectivity index (χ3v) is 6.34. The van der Waals surface area contributed by atoms with E-state index in [1.165, 1.54) is 6.20 Å². The van der Waals surface area contributed by atoms with Gasteiger partial charge in [0.25, 0.3) is 0 Å². The molecule has 3 aromatic heterocycles. The molecule has 0 bridgehead atoms. The quantitative estimate of drug-likeness (QED) is 0.579. The van der Waals surface area contributed by atoms with Gasteiger partial charge in [-0.2, -0.15) is 0 Å². The van der Waals surface area contributed by atoms with E-state index in [9.17, 15) is 8.42 Å². The minimum absolute atomic E-state index is 0.250. The fourth-order valence-corrected chi connectivity index (χ4v) is 4.87. The van der Waals surface area contributed by atoms with Gasteiger partial charge in [0.05, 0.1) is 4.90 Å². The van der Waals surface area contributed by atoms with Crippen molar-refractivity contribution in [1.29, 1.82) is 0 Å². The van der Waals surface area contributed by atoms with Crippen molar-refractivity contribution < 1.29 is 8.42 Å². The van der Waals surface area contributed by atoms with E-state index in [2.05, 4.69) is 15.0 Å². The molecule has 1 atom stereocenters. The second-order valence-electron chi connectivity index (χ2n) is 5.90. The number of aromatic nitrogens is 3. The molecule has 1 aromatic carbocycles. The molecule has 0 aliphatic rings. The van der Waals surface area contributed by atoms with Crippen LogP contribution >= 0.6 is 0 Å². The van der Waals surface area contributed by atoms with Crippen LogP contribution in [0.15, 0.2) is 78.1 Å². The number of nitrogen functional groups attached to an aromatic ring is 1. The molecule has 3 heterocycles. The molecule has 0 saturated carbocycles. The smallest absolute Gasteiger partial charge is 0.189 e. The largest absolute Gasteiger partial charge is 0.384 e. The number of fused-ring (bicyclic) bond motifs is 1. The Morgan fingerprint density at radius 3 is 2.50 bits per heavy atom. The van der Waals surface area contributed by atoms with E-state index >= 15 is 0 Å². The fraction of sp³-hybridized carbons (Fsp3) is 0.0526. The lowest BCUT2D eigenvalue weighted by molar-refractivity contribution is 0.589. The molecule has 1 unspecified atom stereocenters. The number of aromatic amines is 1. The van der Waals surface area contributed by atoms with Gasteiger partial charge in [-0.1, -0.05) is 24.3 Å². The summed E-state index contributed by atoms with van der Waals surface area (Å²) in [6, 6.07) is 15.3. The molecule has 0 fully saturated rings. The maximum absolute atomic E-state index is 13.5. The Balaban J connectivity index is 1.98. The van der Waals surface area contributed by atoms with Gasteiger partial charge in [0.1, 0.15) is 16.7 Å². The lowest BCUT2D eigenvalue weighted by Crippen LogP contribution is -2.15. The zero-order chi connectivity index (χ0) is 18.1. The standard InChI is InChI=1S/C19H16N4O2S/c20-17-9-8-13(11-22-17)18(26(24,25)14-5-2-1-3-6-14)16-12-23-19-15(16)7-4-10-21-19/h1-12,18H,(H2,20,22)(H,21,23). The van der Waals surface area contributed by atoms with Crippen LogP contribution in [-0.4, -0.2) is 23.4 Å². The minimum atomic E-state index is -3.71. The number of sulfone groups is 1. The van der Waals surface area contributed by atoms with Gasteiger partial charge in [-0.15, -0.1) is 0 Å². The number of nitrogens with two attached hydrogens (primary N) is 1. The summed E-state index contributed by atoms with van der Waals surface area (Å²) in [6.07, 6.45) is 4.86. The van der Waals surface area contributed by atoms with Crippen molar-refractivity contribution in [2.24, 2.45) is 0 Å². The van der Waals surface area contributed by atoms with Crippen molar-refractivity contribution in [3.05, 3.63) is 84.3 Å². The van der Waals surface area contributed by atoms with Gasteiger partial charge in [0.2, 0.25) is 0 Å². The third-order valence-electron chi connectivity index (χ3n) is 4.26. The van der Waals surface area contributed by atoms with Crippen molar-refractivity contribution >= 4 is 26.7 Å². The van der Waals surface area contributed by atoms with Crippen LogP contribution in [0.3, 0.4) is 0 Å². The average molecular weight is 364 g/mol. The van der Waals surface area contributed by atoms with Crippen molar-refractivity contribution in [2.75, 3.05) is 5.73 Å². The topological polar surface area (TPSA) is 102 Å². The molecule has 4 aromatic rings. The van der Waals surface area contributed by atoms with Crippen LogP contribution < -0.4 is 5.73 Å². The summed E-state index contributed by atoms with van der Waals surface area (Å²) in [5.74, 6) is 0.338. The molecule has 7 heteroatoms. The van der Waals surface area contributed by atoms with Crippen LogP contribution in [-0.2, 0) is 9.84 Å². The predicted molar refractivity (Wildman–Crippen MR) is 100 cm³/mol. The molecule has 0 spiro atoms. The summed E-state index contributed by atoms with van der Waals surface area (Å²) in [5.41, 5.74) is 7.49. The molecule has 6 nitrogen and oxygen atoms in total. The zero-order valence-corrected chi connectivity index (χ0v) is 14.5. The molecule has 0 saturated heterocycles. The number of rotatable bonds is 4. The Kier molecular flexibility index (Phi) is 3.93. The van der Waals surface area contributed by atoms with Gasteiger partial charge in [-0.3, -0.25) is 0 Å². The van der Waals surface area contributed by atoms with Crippen LogP contribution in [0.5, 0.6) is 0 Å². The molecule has 0 aliphatic carbocycles. The first-order valence-electron chi connectivity index (χ1n) is 8.00. The van der Waals surface area contributed by atoms with Gasteiger partial charge in [0.15, 0.2) is 9.84 Å². The van der Waals surface area contributed by atoms with E-state index in [4.69, 9.17) is 5.73 Å². The Morgan fingerprint density at radius 2 is 1.77 bits per heavy atom. The second-order valence-corrected chi connectivity index (χ2v) is 7.93. The van der Waals surface area contributed by atoms with Crippen LogP contribution in [0, 0.1) is 0 Å². The van der Waals surface area contributed by atoms with Crippen molar-refractivity contribution in [3.8, 4) is 0 Å². The maximum atomic E-state index is 13.5. The normalized spacial score (nSPS) is 12.9. The number of pyridine rings is 2. The summed E-state index contributed by atoms with van der Waals surface area (Å²) in [4.78, 5) is 11.6. The summed E-state index contributed by atoms with van der Waals surface area (Å²) in [7, 11) is -3.71. The van der Waals surface area contributed by atoms with E-state index in [1.54, 1.807) is 60.9 Å². The predicted octanol–water partition coefficient (Wildman–Crippen LogP) is 3.10. The molecule has 26 heavy (non-hydrogen) atoms. The Labute approximate surface area is 150 Å². The molecular formula is C19H16N4O2S. The Morgan fingerprint density at radius 1 is 0.962 bits per heavy atom. The highest BCUT2D eigenvalue weighted by molar-refractivity contribution is 7.92. The zero-order valence-electron chi connectivity index (χ0n) is 13.7. The number of hydrogen-bond donors (Lipinski definition) is 2. The molecule has 0 amide bonds. The summed E-state index contributed by atoms with van der Waals surface area (Å²) in [6.45, 7) is 0. The van der Waals surface area contributed by atoms with Crippen molar-refractivity contribution in [2.45, 2.75) is 10.1 Å². The average Bonchev–Trinajstić information content (AvgIpc) is 3.08. The first-order valence-corrected chi connectivity index (χ1v) is 9.54. The highest BCUT2D eigenvalue weighted by atomic mass is 32.2. The molecule has 3 N–H and O–H groups in total. The fourth-order valence-electron chi connectivity index (χ4n) is 3.04. The third kappa shape index (κ3) is 2.72. The van der Waals surface area contributed by atoms with Crippen molar-refractivity contribution in [1.82, 2.24) is 15.0 Å². The maximum Gasteiger partial charge on any atom is 0.189 e. The monoisotopic (exact) mass is 364 g/mol. The summed E-state index contributed by atoms with van der Waals surface area (Å²) < 4.78 is 26.9. The number of anilines is 1.